The van der Waals surface area contributed by atoms with Gasteiger partial charge in [-0.15, -0.1) is 0 Å². The Morgan fingerprint density at radius 2 is 1.00 bits per heavy atom. The summed E-state index contributed by atoms with van der Waals surface area (Å²) in [6, 6.07) is 20.4. The van der Waals surface area contributed by atoms with E-state index in [1.165, 1.54) is 11.1 Å². The van der Waals surface area contributed by atoms with Gasteiger partial charge in [0.2, 0.25) is 0 Å². The summed E-state index contributed by atoms with van der Waals surface area (Å²) < 4.78 is 5.61. The molecule has 1 radical (unpaired) electrons. The molecule has 0 saturated heterocycles. The zero-order chi connectivity index (χ0) is 10.3. The molecule has 1 nitrogen and oxygen atoms in total. The molecule has 0 aliphatic rings. The minimum absolute atomic E-state index is 0. The number of hydrogen-bond acceptors (Lipinski definition) is 1. The molecule has 2 rings (SSSR count). The third kappa shape index (κ3) is 4.24. The first-order valence-electron chi connectivity index (χ1n) is 5.11. The smallest absolute Gasteiger partial charge is 0.0721 e. The van der Waals surface area contributed by atoms with E-state index in [2.05, 4.69) is 24.3 Å². The molecule has 0 atom stereocenters. The third-order valence-corrected chi connectivity index (χ3v) is 2.22. The van der Waals surface area contributed by atoms with Gasteiger partial charge in [-0.1, -0.05) is 60.7 Å². The van der Waals surface area contributed by atoms with E-state index in [1.807, 2.05) is 36.4 Å². The van der Waals surface area contributed by atoms with Gasteiger partial charge in [0.1, 0.15) is 0 Å². The number of benzene rings is 2. The van der Waals surface area contributed by atoms with Crippen molar-refractivity contribution in [3.8, 4) is 0 Å². The van der Waals surface area contributed by atoms with Gasteiger partial charge in [-0.3, -0.25) is 0 Å². The normalized spacial score (nSPS) is 9.50. The van der Waals surface area contributed by atoms with E-state index in [-0.39, 0.29) is 18.9 Å². The van der Waals surface area contributed by atoms with Gasteiger partial charge in [0.25, 0.3) is 0 Å². The summed E-state index contributed by atoms with van der Waals surface area (Å²) in [4.78, 5) is 0. The summed E-state index contributed by atoms with van der Waals surface area (Å²) in [6.07, 6.45) is 0. The van der Waals surface area contributed by atoms with Crippen molar-refractivity contribution >= 4 is 18.9 Å². The summed E-state index contributed by atoms with van der Waals surface area (Å²) in [5.41, 5.74) is 2.43. The molecule has 0 heterocycles. The van der Waals surface area contributed by atoms with Gasteiger partial charge in [-0.25, -0.2) is 0 Å². The second-order valence-corrected chi connectivity index (χ2v) is 3.46. The van der Waals surface area contributed by atoms with Gasteiger partial charge < -0.3 is 4.74 Å². The van der Waals surface area contributed by atoms with Crippen molar-refractivity contribution in [3.05, 3.63) is 71.8 Å². The Hall–Kier alpha value is -1.00. The Kier molecular flexibility index (Phi) is 5.96. The van der Waals surface area contributed by atoms with Gasteiger partial charge in [-0.05, 0) is 11.1 Å². The van der Waals surface area contributed by atoms with Crippen LogP contribution in [0.3, 0.4) is 0 Å². The van der Waals surface area contributed by atoms with Crippen molar-refractivity contribution in [2.24, 2.45) is 0 Å². The molecule has 0 spiro atoms. The molecule has 0 aromatic heterocycles. The van der Waals surface area contributed by atoms with Crippen molar-refractivity contribution in [2.75, 3.05) is 0 Å². The Labute approximate surface area is 109 Å². The molecule has 0 unspecified atom stereocenters. The molecule has 0 N–H and O–H groups in total. The second kappa shape index (κ2) is 7.30. The van der Waals surface area contributed by atoms with Crippen molar-refractivity contribution in [2.45, 2.75) is 13.2 Å². The Bertz CT molecular complexity index is 346. The van der Waals surface area contributed by atoms with Crippen molar-refractivity contribution in [1.82, 2.24) is 0 Å². The molecule has 2 aromatic rings. The first-order chi connectivity index (χ1) is 7.45. The average Bonchev–Trinajstić information content (AvgIpc) is 2.32. The summed E-state index contributed by atoms with van der Waals surface area (Å²) in [5, 5.41) is 0. The van der Waals surface area contributed by atoms with E-state index in [0.717, 1.165) is 0 Å². The molecule has 0 aliphatic carbocycles. The average molecular weight is 205 g/mol. The van der Waals surface area contributed by atoms with E-state index in [0.29, 0.717) is 13.2 Å². The molecule has 77 valence electrons. The standard InChI is InChI=1S/C14H14O.Li/c1-3-7-13(8-4-1)11-15-12-14-9-5-2-6-10-14;/h1-10H,11-12H2;. The maximum Gasteiger partial charge on any atom is 0.0721 e. The molecular formula is C14H14LiO. The molecule has 16 heavy (non-hydrogen) atoms. The first-order valence-corrected chi connectivity index (χ1v) is 5.11. The van der Waals surface area contributed by atoms with Crippen LogP contribution in [0.25, 0.3) is 0 Å². The van der Waals surface area contributed by atoms with Crippen LogP contribution in [0.5, 0.6) is 0 Å². The molecule has 2 aromatic carbocycles. The van der Waals surface area contributed by atoms with Crippen molar-refractivity contribution in [1.29, 1.82) is 0 Å². The monoisotopic (exact) mass is 205 g/mol. The summed E-state index contributed by atoms with van der Waals surface area (Å²) in [6.45, 7) is 1.35. The second-order valence-electron chi connectivity index (χ2n) is 3.46. The fraction of sp³-hybridized carbons (Fsp3) is 0.143. The van der Waals surface area contributed by atoms with Crippen molar-refractivity contribution in [3.63, 3.8) is 0 Å². The van der Waals surface area contributed by atoms with Crippen LogP contribution >= 0.6 is 0 Å². The minimum atomic E-state index is 0. The molecule has 0 aliphatic heterocycles. The van der Waals surface area contributed by atoms with Crippen LogP contribution in [0.15, 0.2) is 60.7 Å². The van der Waals surface area contributed by atoms with Crippen LogP contribution in [-0.2, 0) is 18.0 Å². The number of hydrogen-bond donors (Lipinski definition) is 0. The van der Waals surface area contributed by atoms with Gasteiger partial charge in [0.15, 0.2) is 0 Å². The van der Waals surface area contributed by atoms with Gasteiger partial charge >= 0.3 is 0 Å². The SMILES string of the molecule is [Li].c1ccc(COCc2ccccc2)cc1. The topological polar surface area (TPSA) is 9.23 Å². The van der Waals surface area contributed by atoms with Crippen LogP contribution in [0.2, 0.25) is 0 Å². The predicted octanol–water partition coefficient (Wildman–Crippen LogP) is 3.02. The number of ether oxygens (including phenoxy) is 1. The Morgan fingerprint density at radius 3 is 1.38 bits per heavy atom. The zero-order valence-electron chi connectivity index (χ0n) is 9.60. The van der Waals surface area contributed by atoms with E-state index in [4.69, 9.17) is 4.74 Å². The fourth-order valence-corrected chi connectivity index (χ4v) is 1.44. The molecule has 0 fully saturated rings. The van der Waals surface area contributed by atoms with E-state index >= 15 is 0 Å². The van der Waals surface area contributed by atoms with Crippen LogP contribution in [0.4, 0.5) is 0 Å². The predicted molar refractivity (Wildman–Crippen MR) is 67.1 cm³/mol. The fourth-order valence-electron chi connectivity index (χ4n) is 1.44. The largest absolute Gasteiger partial charge is 0.372 e. The van der Waals surface area contributed by atoms with Crippen LogP contribution < -0.4 is 0 Å². The third-order valence-electron chi connectivity index (χ3n) is 2.22. The van der Waals surface area contributed by atoms with E-state index in [9.17, 15) is 0 Å². The van der Waals surface area contributed by atoms with Gasteiger partial charge in [0, 0.05) is 18.9 Å². The van der Waals surface area contributed by atoms with Gasteiger partial charge in [0.05, 0.1) is 13.2 Å². The van der Waals surface area contributed by atoms with Crippen LogP contribution in [-0.4, -0.2) is 18.9 Å². The number of rotatable bonds is 4. The first kappa shape index (κ1) is 13.1. The maximum absolute atomic E-state index is 5.61. The zero-order valence-corrected chi connectivity index (χ0v) is 9.60. The Morgan fingerprint density at radius 1 is 0.625 bits per heavy atom. The quantitative estimate of drug-likeness (QED) is 0.697. The molecule has 0 bridgehead atoms. The summed E-state index contributed by atoms with van der Waals surface area (Å²) >= 11 is 0. The van der Waals surface area contributed by atoms with Crippen LogP contribution in [0.1, 0.15) is 11.1 Å². The van der Waals surface area contributed by atoms with Crippen LogP contribution in [0, 0.1) is 0 Å². The van der Waals surface area contributed by atoms with E-state index < -0.39 is 0 Å². The maximum atomic E-state index is 5.61. The molecule has 0 saturated carbocycles. The van der Waals surface area contributed by atoms with Crippen molar-refractivity contribution < 1.29 is 4.74 Å². The molecule has 2 heteroatoms. The van der Waals surface area contributed by atoms with E-state index in [1.54, 1.807) is 0 Å². The Balaban J connectivity index is 0.00000128. The minimum Gasteiger partial charge on any atom is -0.372 e. The summed E-state index contributed by atoms with van der Waals surface area (Å²) in [5.74, 6) is 0. The molecular weight excluding hydrogens is 191 g/mol. The van der Waals surface area contributed by atoms with Gasteiger partial charge in [-0.2, -0.15) is 0 Å². The summed E-state index contributed by atoms with van der Waals surface area (Å²) in [7, 11) is 0. The molecule has 0 amide bonds.